The van der Waals surface area contributed by atoms with Crippen LogP contribution in [0.2, 0.25) is 0 Å². The molecule has 2 aromatic rings. The SMILES string of the molecule is Cl.O=C(CSc1ccc2ccccc2c1)NCCC1CCNC1. The van der Waals surface area contributed by atoms with E-state index in [0.29, 0.717) is 5.75 Å². The highest BCUT2D eigenvalue weighted by Crippen LogP contribution is 2.23. The van der Waals surface area contributed by atoms with Crippen LogP contribution in [0, 0.1) is 5.92 Å². The lowest BCUT2D eigenvalue weighted by Gasteiger charge is -2.09. The molecule has 23 heavy (non-hydrogen) atoms. The molecule has 1 aliphatic rings. The molecule has 2 aromatic carbocycles. The first-order chi connectivity index (χ1) is 10.8. The molecule has 0 aromatic heterocycles. The zero-order valence-corrected chi connectivity index (χ0v) is 14.7. The van der Waals surface area contributed by atoms with Gasteiger partial charge in [-0.3, -0.25) is 4.79 Å². The van der Waals surface area contributed by atoms with Crippen molar-refractivity contribution in [3.8, 4) is 0 Å². The van der Waals surface area contributed by atoms with Gasteiger partial charge in [-0.05, 0) is 54.8 Å². The predicted molar refractivity (Wildman–Crippen MR) is 101 cm³/mol. The first kappa shape index (κ1) is 18.1. The van der Waals surface area contributed by atoms with Crippen molar-refractivity contribution in [1.29, 1.82) is 0 Å². The summed E-state index contributed by atoms with van der Waals surface area (Å²) >= 11 is 1.60. The lowest BCUT2D eigenvalue weighted by molar-refractivity contribution is -0.118. The first-order valence-electron chi connectivity index (χ1n) is 7.90. The Labute approximate surface area is 148 Å². The maximum atomic E-state index is 11.9. The minimum atomic E-state index is 0. The van der Waals surface area contributed by atoms with E-state index in [1.807, 2.05) is 12.1 Å². The van der Waals surface area contributed by atoms with Crippen LogP contribution in [0.15, 0.2) is 47.4 Å². The summed E-state index contributed by atoms with van der Waals surface area (Å²) in [6.07, 6.45) is 2.32. The van der Waals surface area contributed by atoms with E-state index in [-0.39, 0.29) is 18.3 Å². The van der Waals surface area contributed by atoms with E-state index in [1.165, 1.54) is 17.2 Å². The van der Waals surface area contributed by atoms with Gasteiger partial charge in [-0.1, -0.05) is 30.3 Å². The van der Waals surface area contributed by atoms with Gasteiger partial charge in [0.15, 0.2) is 0 Å². The van der Waals surface area contributed by atoms with E-state index >= 15 is 0 Å². The fraction of sp³-hybridized carbons (Fsp3) is 0.389. The van der Waals surface area contributed by atoms with Gasteiger partial charge in [0.1, 0.15) is 0 Å². The van der Waals surface area contributed by atoms with Crippen molar-refractivity contribution in [3.05, 3.63) is 42.5 Å². The van der Waals surface area contributed by atoms with E-state index in [2.05, 4.69) is 41.0 Å². The van der Waals surface area contributed by atoms with Crippen molar-refractivity contribution < 1.29 is 4.79 Å². The zero-order chi connectivity index (χ0) is 15.2. The summed E-state index contributed by atoms with van der Waals surface area (Å²) in [6.45, 7) is 3.02. The smallest absolute Gasteiger partial charge is 0.230 e. The Kier molecular flexibility index (Phi) is 7.21. The topological polar surface area (TPSA) is 41.1 Å². The largest absolute Gasteiger partial charge is 0.355 e. The number of hydrogen-bond donors (Lipinski definition) is 2. The molecule has 3 rings (SSSR count). The van der Waals surface area contributed by atoms with Crippen LogP contribution >= 0.6 is 24.2 Å². The third-order valence-corrected chi connectivity index (χ3v) is 5.12. The second kappa shape index (κ2) is 9.16. The van der Waals surface area contributed by atoms with E-state index in [1.54, 1.807) is 11.8 Å². The third kappa shape index (κ3) is 5.41. The second-order valence-corrected chi connectivity index (χ2v) is 6.84. The van der Waals surface area contributed by atoms with Crippen LogP contribution in [0.4, 0.5) is 0 Å². The van der Waals surface area contributed by atoms with Gasteiger partial charge in [-0.15, -0.1) is 24.2 Å². The Morgan fingerprint density at radius 1 is 1.22 bits per heavy atom. The van der Waals surface area contributed by atoms with Crippen molar-refractivity contribution in [2.75, 3.05) is 25.4 Å². The lowest BCUT2D eigenvalue weighted by atomic mass is 10.1. The van der Waals surface area contributed by atoms with Gasteiger partial charge >= 0.3 is 0 Å². The van der Waals surface area contributed by atoms with Crippen molar-refractivity contribution in [3.63, 3.8) is 0 Å². The first-order valence-corrected chi connectivity index (χ1v) is 8.89. The summed E-state index contributed by atoms with van der Waals surface area (Å²) in [7, 11) is 0. The predicted octanol–water partition coefficient (Wildman–Crippen LogP) is 3.47. The molecule has 1 fully saturated rings. The Hall–Kier alpha value is -1.23. The number of carbonyl (C=O) groups excluding carboxylic acids is 1. The average Bonchev–Trinajstić information content (AvgIpc) is 3.06. The molecule has 5 heteroatoms. The Bertz CT molecular complexity index is 644. The summed E-state index contributed by atoms with van der Waals surface area (Å²) in [5.74, 6) is 1.35. The highest BCUT2D eigenvalue weighted by atomic mass is 35.5. The van der Waals surface area contributed by atoms with Crippen molar-refractivity contribution in [2.24, 2.45) is 5.92 Å². The number of amides is 1. The van der Waals surface area contributed by atoms with Crippen LogP contribution < -0.4 is 10.6 Å². The van der Waals surface area contributed by atoms with Crippen molar-refractivity contribution >= 4 is 40.8 Å². The molecule has 1 heterocycles. The molecule has 2 N–H and O–H groups in total. The molecular formula is C18H23ClN2OS. The van der Waals surface area contributed by atoms with Crippen LogP contribution in [0.25, 0.3) is 10.8 Å². The van der Waals surface area contributed by atoms with E-state index in [4.69, 9.17) is 0 Å². The summed E-state index contributed by atoms with van der Waals surface area (Å²) in [5.41, 5.74) is 0. The molecule has 1 saturated heterocycles. The maximum Gasteiger partial charge on any atom is 0.230 e. The zero-order valence-electron chi connectivity index (χ0n) is 13.1. The van der Waals surface area contributed by atoms with Crippen molar-refractivity contribution in [2.45, 2.75) is 17.7 Å². The Morgan fingerprint density at radius 3 is 2.83 bits per heavy atom. The monoisotopic (exact) mass is 350 g/mol. The number of fused-ring (bicyclic) bond motifs is 1. The van der Waals surface area contributed by atoms with Crippen molar-refractivity contribution in [1.82, 2.24) is 10.6 Å². The standard InChI is InChI=1S/C18H22N2OS.ClH/c21-18(20-10-8-14-7-9-19-12-14)13-22-17-6-5-15-3-1-2-4-16(15)11-17;/h1-6,11,14,19H,7-10,12-13H2,(H,20,21);1H. The second-order valence-electron chi connectivity index (χ2n) is 5.80. The lowest BCUT2D eigenvalue weighted by Crippen LogP contribution is -2.27. The van der Waals surface area contributed by atoms with Crippen LogP contribution in [0.3, 0.4) is 0 Å². The number of nitrogens with one attached hydrogen (secondary N) is 2. The molecule has 3 nitrogen and oxygen atoms in total. The molecule has 0 aliphatic carbocycles. The van der Waals surface area contributed by atoms with Gasteiger partial charge < -0.3 is 10.6 Å². The van der Waals surface area contributed by atoms with Crippen LogP contribution in [0.1, 0.15) is 12.8 Å². The van der Waals surface area contributed by atoms with E-state index in [0.717, 1.165) is 36.9 Å². The number of benzene rings is 2. The minimum absolute atomic E-state index is 0. The summed E-state index contributed by atoms with van der Waals surface area (Å²) < 4.78 is 0. The fourth-order valence-corrected chi connectivity index (χ4v) is 3.61. The third-order valence-electron chi connectivity index (χ3n) is 4.13. The minimum Gasteiger partial charge on any atom is -0.355 e. The number of thioether (sulfide) groups is 1. The molecule has 0 bridgehead atoms. The van der Waals surface area contributed by atoms with E-state index < -0.39 is 0 Å². The molecule has 0 saturated carbocycles. The van der Waals surface area contributed by atoms with E-state index in [9.17, 15) is 4.79 Å². The molecular weight excluding hydrogens is 328 g/mol. The number of hydrogen-bond acceptors (Lipinski definition) is 3. The van der Waals surface area contributed by atoms with Gasteiger partial charge in [-0.2, -0.15) is 0 Å². The number of halogens is 1. The molecule has 1 unspecified atom stereocenters. The molecule has 1 amide bonds. The van der Waals surface area contributed by atoms with Crippen LogP contribution in [-0.2, 0) is 4.79 Å². The van der Waals surface area contributed by atoms with Gasteiger partial charge in [0.2, 0.25) is 5.91 Å². The molecule has 1 atom stereocenters. The van der Waals surface area contributed by atoms with Gasteiger partial charge in [-0.25, -0.2) is 0 Å². The van der Waals surface area contributed by atoms with Crippen LogP contribution in [0.5, 0.6) is 0 Å². The fourth-order valence-electron chi connectivity index (χ4n) is 2.83. The molecule has 1 aliphatic heterocycles. The molecule has 124 valence electrons. The summed E-state index contributed by atoms with van der Waals surface area (Å²) in [6, 6.07) is 14.7. The Balaban J connectivity index is 0.00000192. The number of rotatable bonds is 6. The highest BCUT2D eigenvalue weighted by molar-refractivity contribution is 8.00. The maximum absolute atomic E-state index is 11.9. The van der Waals surface area contributed by atoms with Gasteiger partial charge in [0.25, 0.3) is 0 Å². The van der Waals surface area contributed by atoms with Crippen LogP contribution in [-0.4, -0.2) is 31.3 Å². The van der Waals surface area contributed by atoms with Gasteiger partial charge in [0.05, 0.1) is 5.75 Å². The quantitative estimate of drug-likeness (QED) is 0.784. The summed E-state index contributed by atoms with van der Waals surface area (Å²) in [4.78, 5) is 13.1. The highest BCUT2D eigenvalue weighted by Gasteiger charge is 2.14. The normalized spacial score (nSPS) is 17.0. The summed E-state index contributed by atoms with van der Waals surface area (Å²) in [5, 5.41) is 8.85. The molecule has 0 spiro atoms. The van der Waals surface area contributed by atoms with Gasteiger partial charge in [0, 0.05) is 11.4 Å². The molecule has 0 radical (unpaired) electrons. The average molecular weight is 351 g/mol. The number of carbonyl (C=O) groups is 1. The Morgan fingerprint density at radius 2 is 2.04 bits per heavy atom.